The topological polar surface area (TPSA) is 46.5 Å². The van der Waals surface area contributed by atoms with E-state index in [-0.39, 0.29) is 16.7 Å². The molecule has 2 aromatic carbocycles. The number of rotatable bonds is 9. The van der Waals surface area contributed by atoms with E-state index >= 15 is 0 Å². The summed E-state index contributed by atoms with van der Waals surface area (Å²) in [5.74, 6) is 0.320. The fourth-order valence-electron chi connectivity index (χ4n) is 4.38. The van der Waals surface area contributed by atoms with Crippen LogP contribution in [-0.4, -0.2) is 11.1 Å². The Kier molecular flexibility index (Phi) is 8.80. The smallest absolute Gasteiger partial charge is 0.335 e. The lowest BCUT2D eigenvalue weighted by atomic mass is 9.77. The Hall–Kier alpha value is -2.55. The van der Waals surface area contributed by atoms with Crippen molar-refractivity contribution in [3.05, 3.63) is 70.3 Å². The minimum atomic E-state index is -0.467. The summed E-state index contributed by atoms with van der Waals surface area (Å²) in [5.41, 5.74) is 6.06. The molecule has 2 aromatic rings. The Labute approximate surface area is 207 Å². The van der Waals surface area contributed by atoms with E-state index in [1.807, 2.05) is 0 Å². The molecule has 34 heavy (non-hydrogen) atoms. The summed E-state index contributed by atoms with van der Waals surface area (Å²) >= 11 is 0. The lowest BCUT2D eigenvalue weighted by molar-refractivity contribution is -0.129. The van der Waals surface area contributed by atoms with Gasteiger partial charge in [0.05, 0.1) is 0 Å². The molecule has 0 heterocycles. The van der Waals surface area contributed by atoms with E-state index in [4.69, 9.17) is 4.74 Å². The van der Waals surface area contributed by atoms with Gasteiger partial charge in [0.25, 0.3) is 0 Å². The summed E-state index contributed by atoms with van der Waals surface area (Å²) in [6.45, 7) is 23.0. The number of phenols is 1. The first-order valence-corrected chi connectivity index (χ1v) is 12.6. The zero-order valence-corrected chi connectivity index (χ0v) is 22.8. The second-order valence-corrected chi connectivity index (χ2v) is 11.3. The molecule has 1 atom stereocenters. The van der Waals surface area contributed by atoms with Crippen molar-refractivity contribution >= 4 is 5.97 Å². The van der Waals surface area contributed by atoms with Crippen LogP contribution in [0.2, 0.25) is 0 Å². The Bertz CT molecular complexity index is 1040. The number of phenolic OH excluding ortho intramolecular Hbond substituents is 1. The minimum absolute atomic E-state index is 0.0510. The predicted molar refractivity (Wildman–Crippen MR) is 143 cm³/mol. The van der Waals surface area contributed by atoms with Gasteiger partial charge in [0.15, 0.2) is 0 Å². The highest BCUT2D eigenvalue weighted by molar-refractivity contribution is 5.84. The number of ether oxygens (including phenoxy) is 1. The summed E-state index contributed by atoms with van der Waals surface area (Å²) in [7, 11) is 0. The Morgan fingerprint density at radius 1 is 1.00 bits per heavy atom. The highest BCUT2D eigenvalue weighted by Gasteiger charge is 2.30. The molecule has 0 spiro atoms. The Balaban J connectivity index is 2.84. The summed E-state index contributed by atoms with van der Waals surface area (Å²) in [5, 5.41) is 11.4. The molecule has 0 saturated carbocycles. The molecule has 0 radical (unpaired) electrons. The number of benzene rings is 2. The Morgan fingerprint density at radius 3 is 2.06 bits per heavy atom. The lowest BCUT2D eigenvalue weighted by Crippen LogP contribution is -2.21. The van der Waals surface area contributed by atoms with Gasteiger partial charge in [0, 0.05) is 28.7 Å². The maximum absolute atomic E-state index is 12.4. The van der Waals surface area contributed by atoms with Crippen LogP contribution in [0.15, 0.2) is 36.9 Å². The zero-order valence-electron chi connectivity index (χ0n) is 22.8. The number of aryl methyl sites for hydroxylation is 2. The molecule has 3 nitrogen and oxygen atoms in total. The molecule has 3 heteroatoms. The van der Waals surface area contributed by atoms with E-state index < -0.39 is 5.97 Å². The van der Waals surface area contributed by atoms with Crippen LogP contribution in [0.5, 0.6) is 11.5 Å². The average Bonchev–Trinajstić information content (AvgIpc) is 2.78. The largest absolute Gasteiger partial charge is 0.507 e. The van der Waals surface area contributed by atoms with E-state index in [1.165, 1.54) is 17.2 Å². The van der Waals surface area contributed by atoms with Crippen molar-refractivity contribution in [2.75, 3.05) is 0 Å². The molecule has 1 unspecified atom stereocenters. The first kappa shape index (κ1) is 27.7. The van der Waals surface area contributed by atoms with Crippen LogP contribution in [-0.2, 0) is 29.5 Å². The third-order valence-corrected chi connectivity index (χ3v) is 6.91. The minimum Gasteiger partial charge on any atom is -0.507 e. The van der Waals surface area contributed by atoms with Crippen LogP contribution in [0.3, 0.4) is 0 Å². The van der Waals surface area contributed by atoms with Crippen molar-refractivity contribution in [1.29, 1.82) is 0 Å². The number of carbonyl (C=O) groups excluding carboxylic acids is 1. The number of esters is 1. The van der Waals surface area contributed by atoms with Gasteiger partial charge in [-0.15, -0.1) is 0 Å². The van der Waals surface area contributed by atoms with Gasteiger partial charge >= 0.3 is 5.97 Å². The summed E-state index contributed by atoms with van der Waals surface area (Å²) in [6, 6.07) is 8.53. The van der Waals surface area contributed by atoms with Crippen molar-refractivity contribution in [3.8, 4) is 11.5 Å². The van der Waals surface area contributed by atoms with Gasteiger partial charge < -0.3 is 9.84 Å². The number of carbonyl (C=O) groups is 1. The van der Waals surface area contributed by atoms with Crippen molar-refractivity contribution < 1.29 is 14.6 Å². The Morgan fingerprint density at radius 2 is 1.56 bits per heavy atom. The van der Waals surface area contributed by atoms with Gasteiger partial charge in [0.2, 0.25) is 0 Å². The third-order valence-electron chi connectivity index (χ3n) is 6.91. The fraction of sp³-hybridized carbons (Fsp3) is 0.516. The number of hydrogen-bond acceptors (Lipinski definition) is 3. The summed E-state index contributed by atoms with van der Waals surface area (Å²) in [4.78, 5) is 12.4. The summed E-state index contributed by atoms with van der Waals surface area (Å²) in [6.07, 6.45) is 4.66. The second kappa shape index (κ2) is 10.8. The van der Waals surface area contributed by atoms with E-state index in [0.29, 0.717) is 11.5 Å². The normalized spacial score (nSPS) is 13.0. The number of hydrogen-bond donors (Lipinski definition) is 1. The third kappa shape index (κ3) is 6.31. The SMILES string of the molecule is C=CC(=O)Oc1c(C(C)c2cc(CC)cc(CC(C)(C)C)c2O)cc(CC)cc1C(C)(C)CC. The van der Waals surface area contributed by atoms with Gasteiger partial charge in [-0.2, -0.15) is 0 Å². The quantitative estimate of drug-likeness (QED) is 0.232. The number of aromatic hydroxyl groups is 1. The maximum Gasteiger partial charge on any atom is 0.335 e. The van der Waals surface area contributed by atoms with Crippen molar-refractivity contribution in [2.45, 2.75) is 99.3 Å². The van der Waals surface area contributed by atoms with Gasteiger partial charge in [-0.1, -0.05) is 93.2 Å². The zero-order chi connectivity index (χ0) is 25.8. The molecule has 0 aliphatic rings. The van der Waals surface area contributed by atoms with Crippen LogP contribution in [0.25, 0.3) is 0 Å². The van der Waals surface area contributed by atoms with Crippen LogP contribution < -0.4 is 4.74 Å². The summed E-state index contributed by atoms with van der Waals surface area (Å²) < 4.78 is 5.92. The van der Waals surface area contributed by atoms with Crippen molar-refractivity contribution in [3.63, 3.8) is 0 Å². The fourth-order valence-corrected chi connectivity index (χ4v) is 4.38. The average molecular weight is 465 g/mol. The predicted octanol–water partition coefficient (Wildman–Crippen LogP) is 8.04. The molecule has 0 saturated heterocycles. The highest BCUT2D eigenvalue weighted by Crippen LogP contribution is 2.45. The molecule has 0 bridgehead atoms. The maximum atomic E-state index is 12.4. The molecule has 0 amide bonds. The molecular formula is C31H44O3. The van der Waals surface area contributed by atoms with Crippen molar-refractivity contribution in [1.82, 2.24) is 0 Å². The van der Waals surface area contributed by atoms with E-state index in [9.17, 15) is 9.90 Å². The molecule has 0 aliphatic heterocycles. The van der Waals surface area contributed by atoms with Gasteiger partial charge in [0.1, 0.15) is 11.5 Å². The van der Waals surface area contributed by atoms with Crippen LogP contribution in [0.1, 0.15) is 108 Å². The van der Waals surface area contributed by atoms with E-state index in [1.54, 1.807) is 0 Å². The molecule has 186 valence electrons. The molecule has 0 aromatic heterocycles. The molecule has 0 aliphatic carbocycles. The van der Waals surface area contributed by atoms with Crippen LogP contribution >= 0.6 is 0 Å². The molecule has 1 N–H and O–H groups in total. The monoisotopic (exact) mass is 464 g/mol. The molecular weight excluding hydrogens is 420 g/mol. The van der Waals surface area contributed by atoms with E-state index in [0.717, 1.165) is 47.9 Å². The van der Waals surface area contributed by atoms with Crippen LogP contribution in [0.4, 0.5) is 0 Å². The van der Waals surface area contributed by atoms with E-state index in [2.05, 4.69) is 93.2 Å². The first-order valence-electron chi connectivity index (χ1n) is 12.6. The standard InChI is InChI=1S/C31H44O3/c1-11-21-15-23(19-30(6,7)8)28(33)24(16-21)20(5)25-17-22(12-2)18-26(31(9,10)14-4)29(25)34-27(32)13-3/h13,15-18,20,33H,3,11-12,14,19H2,1-2,4-10H3. The first-order chi connectivity index (χ1) is 15.8. The highest BCUT2D eigenvalue weighted by atomic mass is 16.5. The van der Waals surface area contributed by atoms with Gasteiger partial charge in [-0.3, -0.25) is 0 Å². The molecule has 2 rings (SSSR count). The van der Waals surface area contributed by atoms with Crippen molar-refractivity contribution in [2.24, 2.45) is 5.41 Å². The molecule has 0 fully saturated rings. The van der Waals surface area contributed by atoms with Gasteiger partial charge in [-0.05, 0) is 53.2 Å². The lowest BCUT2D eigenvalue weighted by Gasteiger charge is -2.30. The van der Waals surface area contributed by atoms with Crippen LogP contribution in [0, 0.1) is 5.41 Å². The second-order valence-electron chi connectivity index (χ2n) is 11.3. The van der Waals surface area contributed by atoms with Gasteiger partial charge in [-0.25, -0.2) is 4.79 Å².